The Morgan fingerprint density at radius 3 is 2.50 bits per heavy atom. The molecule has 0 spiro atoms. The standard InChI is InChI=1S/C22H24N4O2/c1-17-4-10-21(11-5-17)28-14-18-3-2-12-25(13-18)22(27)19-6-8-20(9-7-19)26-15-23-24-16-26/h4-11,15-16,18H,2-3,12-14H2,1H3/t18-/m1/s1. The molecule has 1 amide bonds. The molecule has 0 aliphatic carbocycles. The van der Waals surface area contributed by atoms with E-state index in [4.69, 9.17) is 4.74 Å². The molecule has 1 atom stereocenters. The van der Waals surface area contributed by atoms with E-state index in [9.17, 15) is 4.79 Å². The second kappa shape index (κ2) is 8.25. The number of aryl methyl sites for hydroxylation is 1. The lowest BCUT2D eigenvalue weighted by Crippen LogP contribution is -2.41. The second-order valence-corrected chi connectivity index (χ2v) is 7.30. The van der Waals surface area contributed by atoms with Crippen molar-refractivity contribution in [3.05, 3.63) is 72.3 Å². The van der Waals surface area contributed by atoms with Gasteiger partial charge in [0.1, 0.15) is 18.4 Å². The summed E-state index contributed by atoms with van der Waals surface area (Å²) in [6.45, 7) is 4.23. The first-order valence-corrected chi connectivity index (χ1v) is 9.63. The van der Waals surface area contributed by atoms with E-state index in [1.165, 1.54) is 5.56 Å². The highest BCUT2D eigenvalue weighted by atomic mass is 16.5. The maximum absolute atomic E-state index is 12.9. The smallest absolute Gasteiger partial charge is 0.253 e. The highest BCUT2D eigenvalue weighted by Crippen LogP contribution is 2.21. The van der Waals surface area contributed by atoms with Gasteiger partial charge in [-0.15, -0.1) is 10.2 Å². The highest BCUT2D eigenvalue weighted by Gasteiger charge is 2.25. The van der Waals surface area contributed by atoms with E-state index in [1.807, 2.05) is 45.9 Å². The molecule has 4 rings (SSSR count). The first-order valence-electron chi connectivity index (χ1n) is 9.63. The SMILES string of the molecule is Cc1ccc(OC[C@@H]2CCCN(C(=O)c3ccc(-n4cnnc4)cc3)C2)cc1. The van der Waals surface area contributed by atoms with Crippen LogP contribution in [0.5, 0.6) is 5.75 Å². The Labute approximate surface area is 164 Å². The topological polar surface area (TPSA) is 60.2 Å². The van der Waals surface area contributed by atoms with Gasteiger partial charge in [0.05, 0.1) is 6.61 Å². The molecule has 144 valence electrons. The van der Waals surface area contributed by atoms with Crippen molar-refractivity contribution in [2.75, 3.05) is 19.7 Å². The molecule has 0 saturated carbocycles. The second-order valence-electron chi connectivity index (χ2n) is 7.30. The summed E-state index contributed by atoms with van der Waals surface area (Å²) in [6, 6.07) is 15.7. The summed E-state index contributed by atoms with van der Waals surface area (Å²) in [7, 11) is 0. The molecular formula is C22H24N4O2. The van der Waals surface area contributed by atoms with Gasteiger partial charge in [-0.3, -0.25) is 9.36 Å². The maximum atomic E-state index is 12.9. The lowest BCUT2D eigenvalue weighted by molar-refractivity contribution is 0.0633. The Balaban J connectivity index is 1.35. The number of carbonyl (C=O) groups excluding carboxylic acids is 1. The lowest BCUT2D eigenvalue weighted by Gasteiger charge is -2.32. The summed E-state index contributed by atoms with van der Waals surface area (Å²) in [6.07, 6.45) is 5.37. The van der Waals surface area contributed by atoms with E-state index in [0.717, 1.165) is 37.4 Å². The maximum Gasteiger partial charge on any atom is 0.253 e. The molecule has 2 heterocycles. The first kappa shape index (κ1) is 18.2. The van der Waals surface area contributed by atoms with Crippen LogP contribution in [-0.4, -0.2) is 45.3 Å². The van der Waals surface area contributed by atoms with E-state index < -0.39 is 0 Å². The molecule has 1 fully saturated rings. The molecule has 28 heavy (non-hydrogen) atoms. The van der Waals surface area contributed by atoms with Crippen LogP contribution in [0.2, 0.25) is 0 Å². The van der Waals surface area contributed by atoms with Crippen molar-refractivity contribution < 1.29 is 9.53 Å². The molecule has 0 unspecified atom stereocenters. The van der Waals surface area contributed by atoms with Gasteiger partial charge in [-0.2, -0.15) is 0 Å². The molecule has 2 aromatic carbocycles. The molecule has 6 heteroatoms. The van der Waals surface area contributed by atoms with Gasteiger partial charge >= 0.3 is 0 Å². The van der Waals surface area contributed by atoms with Crippen molar-refractivity contribution >= 4 is 5.91 Å². The molecule has 1 aliphatic heterocycles. The molecule has 0 bridgehead atoms. The van der Waals surface area contributed by atoms with Crippen LogP contribution < -0.4 is 4.74 Å². The van der Waals surface area contributed by atoms with Crippen molar-refractivity contribution in [1.82, 2.24) is 19.7 Å². The van der Waals surface area contributed by atoms with Crippen LogP contribution in [0.15, 0.2) is 61.2 Å². The number of rotatable bonds is 5. The highest BCUT2D eigenvalue weighted by molar-refractivity contribution is 5.94. The minimum atomic E-state index is 0.0790. The molecular weight excluding hydrogens is 352 g/mol. The van der Waals surface area contributed by atoms with E-state index >= 15 is 0 Å². The number of benzene rings is 2. The van der Waals surface area contributed by atoms with E-state index in [1.54, 1.807) is 12.7 Å². The molecule has 0 radical (unpaired) electrons. The first-order chi connectivity index (χ1) is 13.7. The van der Waals surface area contributed by atoms with Crippen LogP contribution in [0.4, 0.5) is 0 Å². The van der Waals surface area contributed by atoms with Crippen LogP contribution in [0.1, 0.15) is 28.8 Å². The van der Waals surface area contributed by atoms with Crippen molar-refractivity contribution in [2.24, 2.45) is 5.92 Å². The normalized spacial score (nSPS) is 16.8. The molecule has 6 nitrogen and oxygen atoms in total. The summed E-state index contributed by atoms with van der Waals surface area (Å²) in [4.78, 5) is 14.9. The lowest BCUT2D eigenvalue weighted by atomic mass is 9.98. The van der Waals surface area contributed by atoms with Crippen LogP contribution in [0, 0.1) is 12.8 Å². The summed E-state index contributed by atoms with van der Waals surface area (Å²) in [5.41, 5.74) is 2.86. The van der Waals surface area contributed by atoms with Crippen LogP contribution >= 0.6 is 0 Å². The molecule has 0 N–H and O–H groups in total. The number of nitrogens with zero attached hydrogens (tertiary/aromatic N) is 4. The third kappa shape index (κ3) is 4.22. The summed E-state index contributed by atoms with van der Waals surface area (Å²) in [5, 5.41) is 7.61. The van der Waals surface area contributed by atoms with Crippen molar-refractivity contribution in [3.8, 4) is 11.4 Å². The molecule has 1 aliphatic rings. The average Bonchev–Trinajstić information content (AvgIpc) is 3.28. The van der Waals surface area contributed by atoms with E-state index in [-0.39, 0.29) is 5.91 Å². The van der Waals surface area contributed by atoms with Crippen molar-refractivity contribution in [1.29, 1.82) is 0 Å². The van der Waals surface area contributed by atoms with Gasteiger partial charge in [-0.25, -0.2) is 0 Å². The zero-order chi connectivity index (χ0) is 19.3. The third-order valence-corrected chi connectivity index (χ3v) is 5.14. The number of hydrogen-bond donors (Lipinski definition) is 0. The zero-order valence-corrected chi connectivity index (χ0v) is 16.0. The van der Waals surface area contributed by atoms with Crippen LogP contribution in [0.3, 0.4) is 0 Å². The fourth-order valence-electron chi connectivity index (χ4n) is 3.53. The average molecular weight is 376 g/mol. The number of hydrogen-bond acceptors (Lipinski definition) is 4. The minimum absolute atomic E-state index is 0.0790. The number of amides is 1. The predicted octanol–water partition coefficient (Wildman–Crippen LogP) is 3.51. The molecule has 1 aromatic heterocycles. The Morgan fingerprint density at radius 1 is 1.07 bits per heavy atom. The van der Waals surface area contributed by atoms with Crippen LogP contribution in [-0.2, 0) is 0 Å². The van der Waals surface area contributed by atoms with Gasteiger partial charge in [-0.05, 0) is 56.2 Å². The number of carbonyl (C=O) groups is 1. The Bertz CT molecular complexity index is 905. The molecule has 1 saturated heterocycles. The quantitative estimate of drug-likeness (QED) is 0.684. The van der Waals surface area contributed by atoms with Gasteiger partial charge < -0.3 is 9.64 Å². The fourth-order valence-corrected chi connectivity index (χ4v) is 3.53. The van der Waals surface area contributed by atoms with E-state index in [2.05, 4.69) is 29.3 Å². The Hall–Kier alpha value is -3.15. The third-order valence-electron chi connectivity index (χ3n) is 5.14. The van der Waals surface area contributed by atoms with Gasteiger partial charge in [0.2, 0.25) is 0 Å². The zero-order valence-electron chi connectivity index (χ0n) is 16.0. The summed E-state index contributed by atoms with van der Waals surface area (Å²) in [5.74, 6) is 1.32. The van der Waals surface area contributed by atoms with Gasteiger partial charge in [0.25, 0.3) is 5.91 Å². The number of ether oxygens (including phenoxy) is 1. The van der Waals surface area contributed by atoms with Crippen molar-refractivity contribution in [2.45, 2.75) is 19.8 Å². The minimum Gasteiger partial charge on any atom is -0.493 e. The molecule has 3 aromatic rings. The van der Waals surface area contributed by atoms with Gasteiger partial charge in [0, 0.05) is 30.3 Å². The summed E-state index contributed by atoms with van der Waals surface area (Å²) < 4.78 is 7.75. The largest absolute Gasteiger partial charge is 0.493 e. The van der Waals surface area contributed by atoms with Crippen molar-refractivity contribution in [3.63, 3.8) is 0 Å². The van der Waals surface area contributed by atoms with Gasteiger partial charge in [0.15, 0.2) is 0 Å². The van der Waals surface area contributed by atoms with Gasteiger partial charge in [-0.1, -0.05) is 17.7 Å². The number of piperidine rings is 1. The predicted molar refractivity (Wildman–Crippen MR) is 107 cm³/mol. The number of aromatic nitrogens is 3. The van der Waals surface area contributed by atoms with E-state index in [0.29, 0.717) is 18.1 Å². The summed E-state index contributed by atoms with van der Waals surface area (Å²) >= 11 is 0. The Kier molecular flexibility index (Phi) is 5.37. The monoisotopic (exact) mass is 376 g/mol. The Morgan fingerprint density at radius 2 is 1.79 bits per heavy atom. The number of likely N-dealkylation sites (tertiary alicyclic amines) is 1. The van der Waals surface area contributed by atoms with Crippen LogP contribution in [0.25, 0.3) is 5.69 Å². The fraction of sp³-hybridized carbons (Fsp3) is 0.318.